The number of nitrogens with zero attached hydrogens (tertiary/aromatic N) is 4. The van der Waals surface area contributed by atoms with Crippen LogP contribution in [0.15, 0.2) is 24.3 Å². The van der Waals surface area contributed by atoms with Gasteiger partial charge < -0.3 is 14.8 Å². The van der Waals surface area contributed by atoms with Gasteiger partial charge in [-0.2, -0.15) is 0 Å². The molecule has 3 heterocycles. The molecule has 2 saturated heterocycles. The van der Waals surface area contributed by atoms with Crippen LogP contribution >= 0.6 is 0 Å². The summed E-state index contributed by atoms with van der Waals surface area (Å²) in [5.41, 5.74) is 2.00. The number of aromatic nitrogens is 2. The first-order chi connectivity index (χ1) is 12.5. The lowest BCUT2D eigenvalue weighted by atomic mass is 10.1. The summed E-state index contributed by atoms with van der Waals surface area (Å²) in [6.45, 7) is 8.91. The van der Waals surface area contributed by atoms with Crippen molar-refractivity contribution in [1.82, 2.24) is 24.7 Å². The maximum Gasteiger partial charge on any atom is 0.240 e. The second kappa shape index (κ2) is 7.00. The van der Waals surface area contributed by atoms with E-state index in [1.54, 1.807) is 0 Å². The zero-order chi connectivity index (χ0) is 18.3. The molecule has 26 heavy (non-hydrogen) atoms. The Morgan fingerprint density at radius 2 is 2.08 bits per heavy atom. The number of nitrogens with one attached hydrogen (secondary N) is 1. The second-order valence-electron chi connectivity index (χ2n) is 8.11. The Bertz CT molecular complexity index is 799. The van der Waals surface area contributed by atoms with Crippen LogP contribution in [0.1, 0.15) is 32.0 Å². The van der Waals surface area contributed by atoms with Crippen molar-refractivity contribution >= 4 is 16.9 Å². The molecule has 0 saturated carbocycles. The van der Waals surface area contributed by atoms with Crippen LogP contribution in [0.2, 0.25) is 0 Å². The standard InChI is InChI=1S/C20H29N5O/c1-14(2)20-22-17-6-4-5-7-18(17)25(20)13-19(26)21-15-10-16-12-23(3)8-9-24(16)11-15/h4-7,14-16H,8-13H2,1-3H3,(H,21,26)/t15-,16-/m0/s1. The highest BCUT2D eigenvalue weighted by Crippen LogP contribution is 2.23. The van der Waals surface area contributed by atoms with E-state index in [0.29, 0.717) is 12.6 Å². The van der Waals surface area contributed by atoms with Gasteiger partial charge in [0.1, 0.15) is 12.4 Å². The van der Waals surface area contributed by atoms with Crippen molar-refractivity contribution in [2.75, 3.05) is 33.2 Å². The molecular weight excluding hydrogens is 326 g/mol. The number of hydrogen-bond acceptors (Lipinski definition) is 4. The predicted molar refractivity (Wildman–Crippen MR) is 103 cm³/mol. The number of carbonyl (C=O) groups excluding carboxylic acids is 1. The first kappa shape index (κ1) is 17.5. The van der Waals surface area contributed by atoms with Crippen LogP contribution in [0.25, 0.3) is 11.0 Å². The minimum absolute atomic E-state index is 0.0910. The number of imidazole rings is 1. The number of para-hydroxylation sites is 2. The summed E-state index contributed by atoms with van der Waals surface area (Å²) < 4.78 is 2.07. The third-order valence-electron chi connectivity index (χ3n) is 5.69. The molecule has 2 aliphatic rings. The molecule has 0 bridgehead atoms. The third-order valence-corrected chi connectivity index (χ3v) is 5.69. The lowest BCUT2D eigenvalue weighted by Crippen LogP contribution is -2.48. The maximum atomic E-state index is 12.8. The van der Waals surface area contributed by atoms with Gasteiger partial charge in [0.25, 0.3) is 0 Å². The molecule has 0 aliphatic carbocycles. The second-order valence-corrected chi connectivity index (χ2v) is 8.11. The number of piperazine rings is 1. The predicted octanol–water partition coefficient (Wildman–Crippen LogP) is 1.66. The number of hydrogen-bond donors (Lipinski definition) is 1. The van der Waals surface area contributed by atoms with Gasteiger partial charge in [-0.3, -0.25) is 9.69 Å². The normalized spacial score (nSPS) is 24.3. The summed E-state index contributed by atoms with van der Waals surface area (Å²) in [5, 5.41) is 3.27. The molecule has 1 aromatic heterocycles. The van der Waals surface area contributed by atoms with Gasteiger partial charge >= 0.3 is 0 Å². The van der Waals surface area contributed by atoms with E-state index in [1.165, 1.54) is 0 Å². The fraction of sp³-hybridized carbons (Fsp3) is 0.600. The van der Waals surface area contributed by atoms with Crippen LogP contribution in [-0.2, 0) is 11.3 Å². The molecule has 0 spiro atoms. The Hall–Kier alpha value is -1.92. The largest absolute Gasteiger partial charge is 0.350 e. The number of amides is 1. The molecule has 2 atom stereocenters. The Kier molecular flexibility index (Phi) is 4.71. The van der Waals surface area contributed by atoms with E-state index < -0.39 is 0 Å². The van der Waals surface area contributed by atoms with Gasteiger partial charge in [0.2, 0.25) is 5.91 Å². The van der Waals surface area contributed by atoms with Gasteiger partial charge in [0.15, 0.2) is 0 Å². The molecule has 4 rings (SSSR count). The topological polar surface area (TPSA) is 53.4 Å². The van der Waals surface area contributed by atoms with Crippen LogP contribution in [0.3, 0.4) is 0 Å². The number of rotatable bonds is 4. The van der Waals surface area contributed by atoms with Crippen LogP contribution in [0.4, 0.5) is 0 Å². The van der Waals surface area contributed by atoms with Crippen molar-refractivity contribution in [3.63, 3.8) is 0 Å². The minimum atomic E-state index is 0.0910. The summed E-state index contributed by atoms with van der Waals surface area (Å²) >= 11 is 0. The molecule has 6 nitrogen and oxygen atoms in total. The van der Waals surface area contributed by atoms with Crippen molar-refractivity contribution < 1.29 is 4.79 Å². The number of fused-ring (bicyclic) bond motifs is 2. The summed E-state index contributed by atoms with van der Waals surface area (Å²) in [5.74, 6) is 1.35. The molecule has 2 fully saturated rings. The zero-order valence-electron chi connectivity index (χ0n) is 16.0. The average molecular weight is 355 g/mol. The summed E-state index contributed by atoms with van der Waals surface area (Å²) in [6, 6.07) is 8.91. The van der Waals surface area contributed by atoms with Crippen LogP contribution in [0, 0.1) is 0 Å². The highest BCUT2D eigenvalue weighted by atomic mass is 16.2. The Morgan fingerprint density at radius 1 is 1.27 bits per heavy atom. The zero-order valence-corrected chi connectivity index (χ0v) is 16.0. The van der Waals surface area contributed by atoms with Gasteiger partial charge in [-0.15, -0.1) is 0 Å². The van der Waals surface area contributed by atoms with E-state index in [2.05, 4.69) is 40.6 Å². The van der Waals surface area contributed by atoms with E-state index in [1.807, 2.05) is 24.3 Å². The van der Waals surface area contributed by atoms with Crippen LogP contribution in [0.5, 0.6) is 0 Å². The number of carbonyl (C=O) groups is 1. The van der Waals surface area contributed by atoms with Crippen molar-refractivity contribution in [2.45, 2.75) is 44.8 Å². The van der Waals surface area contributed by atoms with Gasteiger partial charge in [0.05, 0.1) is 11.0 Å². The van der Waals surface area contributed by atoms with E-state index in [4.69, 9.17) is 4.98 Å². The highest BCUT2D eigenvalue weighted by molar-refractivity contribution is 5.81. The molecule has 1 amide bonds. The van der Waals surface area contributed by atoms with E-state index >= 15 is 0 Å². The molecule has 140 valence electrons. The van der Waals surface area contributed by atoms with Crippen LogP contribution < -0.4 is 5.32 Å². The van der Waals surface area contributed by atoms with Crippen LogP contribution in [-0.4, -0.2) is 70.6 Å². The van der Waals surface area contributed by atoms with Crippen molar-refractivity contribution in [3.05, 3.63) is 30.1 Å². The SMILES string of the molecule is CC(C)c1nc2ccccc2n1CC(=O)N[C@H]1C[C@H]2CN(C)CCN2C1. The average Bonchev–Trinajstić information content (AvgIpc) is 3.15. The Balaban J connectivity index is 1.46. The molecule has 2 aliphatic heterocycles. The van der Waals surface area contributed by atoms with E-state index in [0.717, 1.165) is 49.5 Å². The molecule has 6 heteroatoms. The first-order valence-corrected chi connectivity index (χ1v) is 9.68. The Morgan fingerprint density at radius 3 is 2.88 bits per heavy atom. The lowest BCUT2D eigenvalue weighted by Gasteiger charge is -2.34. The summed E-state index contributed by atoms with van der Waals surface area (Å²) in [6.07, 6.45) is 1.05. The van der Waals surface area contributed by atoms with Crippen molar-refractivity contribution in [2.24, 2.45) is 0 Å². The van der Waals surface area contributed by atoms with Gasteiger partial charge in [0, 0.05) is 44.2 Å². The Labute approximate surface area is 155 Å². The fourth-order valence-corrected chi connectivity index (χ4v) is 4.42. The van der Waals surface area contributed by atoms with Crippen molar-refractivity contribution in [3.8, 4) is 0 Å². The highest BCUT2D eigenvalue weighted by Gasteiger charge is 2.35. The molecule has 1 N–H and O–H groups in total. The van der Waals surface area contributed by atoms with Gasteiger partial charge in [-0.25, -0.2) is 4.98 Å². The molecule has 0 unspecified atom stereocenters. The maximum absolute atomic E-state index is 12.8. The summed E-state index contributed by atoms with van der Waals surface area (Å²) in [4.78, 5) is 22.4. The monoisotopic (exact) mass is 355 g/mol. The number of likely N-dealkylation sites (N-methyl/N-ethyl adjacent to an activating group) is 1. The van der Waals surface area contributed by atoms with Crippen molar-refractivity contribution in [1.29, 1.82) is 0 Å². The third kappa shape index (κ3) is 3.35. The quantitative estimate of drug-likeness (QED) is 0.906. The minimum Gasteiger partial charge on any atom is -0.350 e. The molecule has 0 radical (unpaired) electrons. The molecule has 1 aromatic carbocycles. The fourth-order valence-electron chi connectivity index (χ4n) is 4.42. The molecule has 2 aromatic rings. The number of benzene rings is 1. The van der Waals surface area contributed by atoms with Gasteiger partial charge in [-0.1, -0.05) is 26.0 Å². The molecular formula is C20H29N5O. The first-order valence-electron chi connectivity index (χ1n) is 9.68. The van der Waals surface area contributed by atoms with E-state index in [9.17, 15) is 4.79 Å². The lowest BCUT2D eigenvalue weighted by molar-refractivity contribution is -0.122. The van der Waals surface area contributed by atoms with Gasteiger partial charge in [-0.05, 0) is 25.6 Å². The van der Waals surface area contributed by atoms with E-state index in [-0.39, 0.29) is 17.9 Å². The smallest absolute Gasteiger partial charge is 0.240 e. The summed E-state index contributed by atoms with van der Waals surface area (Å²) in [7, 11) is 2.18.